The normalized spacial score (nSPS) is 21.7. The maximum atomic E-state index is 13.1. The van der Waals surface area contributed by atoms with Crippen LogP contribution in [0.3, 0.4) is 0 Å². The Kier molecular flexibility index (Phi) is 8.17. The van der Waals surface area contributed by atoms with Crippen molar-refractivity contribution in [3.05, 3.63) is 36.2 Å². The maximum Gasteiger partial charge on any atom is 0.261 e. The van der Waals surface area contributed by atoms with Gasteiger partial charge in [0.1, 0.15) is 17.8 Å². The second-order valence-electron chi connectivity index (χ2n) is 7.85. The van der Waals surface area contributed by atoms with Crippen LogP contribution in [0.5, 0.6) is 0 Å². The van der Waals surface area contributed by atoms with E-state index in [1.807, 2.05) is 30.5 Å². The summed E-state index contributed by atoms with van der Waals surface area (Å²) in [5.74, 6) is 0.951. The molecular weight excluding hydrogens is 420 g/mol. The van der Waals surface area contributed by atoms with Crippen LogP contribution in [0.4, 0.5) is 5.82 Å². The Morgan fingerprint density at radius 3 is 2.91 bits per heavy atom. The van der Waals surface area contributed by atoms with Gasteiger partial charge in [0.2, 0.25) is 5.90 Å². The number of hydrogen-bond acceptors (Lipinski definition) is 8. The number of nitrogens with zero attached hydrogens (tertiary/aromatic N) is 6. The number of amides is 1. The molecule has 0 saturated carbocycles. The number of aliphatic imine (C=N–C) groups is 2. The smallest absolute Gasteiger partial charge is 0.261 e. The predicted molar refractivity (Wildman–Crippen MR) is 129 cm³/mol. The lowest BCUT2D eigenvalue weighted by atomic mass is 10.1. The molecule has 2 aromatic heterocycles. The zero-order valence-electron chi connectivity index (χ0n) is 19.4. The van der Waals surface area contributed by atoms with E-state index in [9.17, 15) is 4.79 Å². The molecule has 0 aromatic carbocycles. The first kappa shape index (κ1) is 24.0. The van der Waals surface area contributed by atoms with Gasteiger partial charge in [-0.1, -0.05) is 12.1 Å². The highest BCUT2D eigenvalue weighted by molar-refractivity contribution is 6.22. The highest BCUT2D eigenvalue weighted by Gasteiger charge is 2.22. The van der Waals surface area contributed by atoms with E-state index in [1.165, 1.54) is 6.21 Å². The molecule has 10 heteroatoms. The van der Waals surface area contributed by atoms with Gasteiger partial charge in [-0.15, -0.1) is 10.2 Å². The van der Waals surface area contributed by atoms with Crippen LogP contribution in [-0.4, -0.2) is 62.7 Å². The molecule has 10 nitrogen and oxygen atoms in total. The van der Waals surface area contributed by atoms with Gasteiger partial charge in [-0.2, -0.15) is 0 Å². The number of anilines is 1. The molecule has 1 aliphatic rings. The molecule has 3 atom stereocenters. The van der Waals surface area contributed by atoms with E-state index in [0.29, 0.717) is 29.5 Å². The molecule has 2 bridgehead atoms. The van der Waals surface area contributed by atoms with E-state index in [4.69, 9.17) is 10.1 Å². The van der Waals surface area contributed by atoms with Gasteiger partial charge in [0.25, 0.3) is 5.91 Å². The molecule has 1 aliphatic heterocycles. The van der Waals surface area contributed by atoms with Crippen LogP contribution in [0.15, 0.2) is 46.2 Å². The summed E-state index contributed by atoms with van der Waals surface area (Å²) < 4.78 is 8.01. The number of ether oxygens (including phenoxy) is 1. The number of fused-ring (bicyclic) bond motifs is 4. The summed E-state index contributed by atoms with van der Waals surface area (Å²) in [7, 11) is 0. The summed E-state index contributed by atoms with van der Waals surface area (Å²) in [5, 5.41) is 18.3. The van der Waals surface area contributed by atoms with E-state index in [1.54, 1.807) is 25.4 Å². The van der Waals surface area contributed by atoms with Gasteiger partial charge in [0, 0.05) is 18.5 Å². The van der Waals surface area contributed by atoms with Gasteiger partial charge in [-0.25, -0.2) is 9.98 Å². The highest BCUT2D eigenvalue weighted by atomic mass is 16.5. The lowest BCUT2D eigenvalue weighted by Gasteiger charge is -2.19. The van der Waals surface area contributed by atoms with Crippen LogP contribution < -0.4 is 5.32 Å². The number of aromatic nitrogens is 4. The Morgan fingerprint density at radius 2 is 2.15 bits per heavy atom. The van der Waals surface area contributed by atoms with E-state index < -0.39 is 0 Å². The van der Waals surface area contributed by atoms with Crippen molar-refractivity contribution in [1.82, 2.24) is 19.7 Å². The standard InChI is InChI=1S/C23H30N8O2/c1-5-18-22(32)29-20-10-6-9-19(28-20)21-30-26-14-31(21)15(2)8-7-13-33-23(18)27-17(4)16(3)25-12-11-24/h5-6,9-12,14-17,24H,7-8,13H2,1-4H3,(H,28,29,32)/b18-5-,24-11?,25-12?,27-23?/t15-,16?,17?/m0/s1. The minimum Gasteiger partial charge on any atom is -0.477 e. The molecule has 0 saturated heterocycles. The second kappa shape index (κ2) is 11.3. The zero-order chi connectivity index (χ0) is 23.8. The first-order valence-corrected chi connectivity index (χ1v) is 11.0. The number of hydrogen-bond donors (Lipinski definition) is 2. The molecule has 0 radical (unpaired) electrons. The van der Waals surface area contributed by atoms with Gasteiger partial charge in [0.15, 0.2) is 5.82 Å². The topological polar surface area (TPSA) is 131 Å². The Balaban J connectivity index is 1.97. The second-order valence-corrected chi connectivity index (χ2v) is 7.85. The van der Waals surface area contributed by atoms with Crippen molar-refractivity contribution in [2.24, 2.45) is 9.98 Å². The van der Waals surface area contributed by atoms with Gasteiger partial charge in [0.05, 0.1) is 24.3 Å². The SMILES string of the molecule is C/C=C1/C(=O)Nc2cccc(n2)-c2nncn2[C@@H](C)CCCOC1=NC(C)C(C)N=CC=N. The van der Waals surface area contributed by atoms with E-state index in [-0.39, 0.29) is 29.9 Å². The third kappa shape index (κ3) is 5.97. The summed E-state index contributed by atoms with van der Waals surface area (Å²) in [6.07, 6.45) is 7.51. The number of allylic oxidation sites excluding steroid dienone is 1. The van der Waals surface area contributed by atoms with Gasteiger partial charge < -0.3 is 20.0 Å². The summed E-state index contributed by atoms with van der Waals surface area (Å²) in [5.41, 5.74) is 0.957. The average Bonchev–Trinajstić information content (AvgIpc) is 3.30. The fraction of sp³-hybridized carbons (Fsp3) is 0.435. The molecule has 0 fully saturated rings. The molecule has 2 aromatic rings. The van der Waals surface area contributed by atoms with Crippen molar-refractivity contribution in [2.45, 2.75) is 58.7 Å². The lowest BCUT2D eigenvalue weighted by Crippen LogP contribution is -2.26. The molecule has 1 amide bonds. The first-order valence-electron chi connectivity index (χ1n) is 11.0. The van der Waals surface area contributed by atoms with Crippen molar-refractivity contribution in [3.63, 3.8) is 0 Å². The van der Waals surface area contributed by atoms with E-state index in [0.717, 1.165) is 19.1 Å². The first-order chi connectivity index (χ1) is 15.9. The van der Waals surface area contributed by atoms with Crippen LogP contribution in [0, 0.1) is 5.41 Å². The molecule has 2 N–H and O–H groups in total. The molecule has 3 rings (SSSR count). The molecule has 33 heavy (non-hydrogen) atoms. The van der Waals surface area contributed by atoms with Crippen LogP contribution >= 0.6 is 0 Å². The lowest BCUT2D eigenvalue weighted by molar-refractivity contribution is -0.112. The Labute approximate surface area is 193 Å². The largest absolute Gasteiger partial charge is 0.477 e. The van der Waals surface area contributed by atoms with Crippen molar-refractivity contribution < 1.29 is 9.53 Å². The third-order valence-electron chi connectivity index (χ3n) is 5.45. The fourth-order valence-electron chi connectivity index (χ4n) is 3.38. The molecule has 0 spiro atoms. The van der Waals surface area contributed by atoms with Gasteiger partial charge in [-0.05, 0) is 52.7 Å². The Hall–Kier alpha value is -3.69. The summed E-state index contributed by atoms with van der Waals surface area (Å²) in [6, 6.07) is 5.09. The van der Waals surface area contributed by atoms with Crippen LogP contribution in [0.2, 0.25) is 0 Å². The molecule has 0 aliphatic carbocycles. The van der Waals surface area contributed by atoms with Crippen LogP contribution in [0.1, 0.15) is 46.6 Å². The van der Waals surface area contributed by atoms with E-state index >= 15 is 0 Å². The van der Waals surface area contributed by atoms with Crippen molar-refractivity contribution in [2.75, 3.05) is 11.9 Å². The number of nitrogens with one attached hydrogen (secondary N) is 2. The molecule has 174 valence electrons. The average molecular weight is 451 g/mol. The Bertz CT molecular complexity index is 1070. The summed E-state index contributed by atoms with van der Waals surface area (Å²) >= 11 is 0. The zero-order valence-corrected chi connectivity index (χ0v) is 19.4. The minimum atomic E-state index is -0.365. The molecular formula is C23H30N8O2. The van der Waals surface area contributed by atoms with Crippen LogP contribution in [-0.2, 0) is 9.53 Å². The maximum absolute atomic E-state index is 13.1. The quantitative estimate of drug-likeness (QED) is 0.544. The van der Waals surface area contributed by atoms with Crippen molar-refractivity contribution in [1.29, 1.82) is 5.41 Å². The Morgan fingerprint density at radius 1 is 1.33 bits per heavy atom. The minimum absolute atomic E-state index is 0.137. The monoisotopic (exact) mass is 450 g/mol. The number of pyridine rings is 1. The number of carbonyl (C=O) groups is 1. The number of carbonyl (C=O) groups excluding carboxylic acids is 1. The van der Waals surface area contributed by atoms with Crippen molar-refractivity contribution >= 4 is 30.1 Å². The fourth-order valence-corrected chi connectivity index (χ4v) is 3.38. The van der Waals surface area contributed by atoms with Crippen LogP contribution in [0.25, 0.3) is 11.5 Å². The van der Waals surface area contributed by atoms with E-state index in [2.05, 4.69) is 37.4 Å². The molecule has 2 unspecified atom stereocenters. The predicted octanol–water partition coefficient (Wildman–Crippen LogP) is 3.49. The number of rotatable bonds is 4. The summed E-state index contributed by atoms with van der Waals surface area (Å²) in [6.45, 7) is 8.08. The van der Waals surface area contributed by atoms with Gasteiger partial charge in [-0.3, -0.25) is 9.79 Å². The van der Waals surface area contributed by atoms with Crippen molar-refractivity contribution in [3.8, 4) is 11.5 Å². The highest BCUT2D eigenvalue weighted by Crippen LogP contribution is 2.23. The van der Waals surface area contributed by atoms with Gasteiger partial charge >= 0.3 is 0 Å². The third-order valence-corrected chi connectivity index (χ3v) is 5.45. The molecule has 3 heterocycles. The summed E-state index contributed by atoms with van der Waals surface area (Å²) in [4.78, 5) is 26.6.